The van der Waals surface area contributed by atoms with Gasteiger partial charge in [-0.1, -0.05) is 60.1 Å². The molecule has 2 aromatic carbocycles. The molecule has 34 heavy (non-hydrogen) atoms. The lowest BCUT2D eigenvalue weighted by atomic mass is 9.89. The summed E-state index contributed by atoms with van der Waals surface area (Å²) in [6.07, 6.45) is 3.06. The van der Waals surface area contributed by atoms with E-state index in [0.29, 0.717) is 22.5 Å². The van der Waals surface area contributed by atoms with Crippen LogP contribution in [0.5, 0.6) is 0 Å². The Bertz CT molecular complexity index is 1600. The minimum Gasteiger partial charge on any atom is -0.268 e. The lowest BCUT2D eigenvalue weighted by Crippen LogP contribution is -2.22. The summed E-state index contributed by atoms with van der Waals surface area (Å²) in [5.74, 6) is 1.72. The average molecular weight is 528 g/mol. The molecule has 0 aliphatic heterocycles. The van der Waals surface area contributed by atoms with Gasteiger partial charge in [0.15, 0.2) is 5.16 Å². The molecule has 3 aromatic heterocycles. The Hall–Kier alpha value is -2.32. The van der Waals surface area contributed by atoms with Crippen molar-refractivity contribution < 1.29 is 0 Å². The van der Waals surface area contributed by atoms with Gasteiger partial charge in [-0.2, -0.15) is 0 Å². The lowest BCUT2D eigenvalue weighted by molar-refractivity contribution is 0.508. The summed E-state index contributed by atoms with van der Waals surface area (Å²) in [6, 6.07) is 15.1. The number of nitrogens with zero attached hydrogens (tertiary/aromatic N) is 4. The molecular weight excluding hydrogens is 507 g/mol. The second-order valence-electron chi connectivity index (χ2n) is 8.65. The molecule has 172 valence electrons. The predicted octanol–water partition coefficient (Wildman–Crippen LogP) is 6.82. The molecule has 1 aliphatic rings. The Morgan fingerprint density at radius 2 is 1.91 bits per heavy atom. The van der Waals surface area contributed by atoms with E-state index in [1.165, 1.54) is 10.4 Å². The summed E-state index contributed by atoms with van der Waals surface area (Å²) >= 11 is 15.8. The summed E-state index contributed by atoms with van der Waals surface area (Å²) in [6.45, 7) is 2.26. The number of aromatic nitrogens is 4. The number of benzene rings is 2. The highest BCUT2D eigenvalue weighted by atomic mass is 35.5. The third-order valence-corrected chi connectivity index (χ3v) is 9.20. The maximum atomic E-state index is 13.9. The number of hydrogen-bond acceptors (Lipinski definition) is 5. The van der Waals surface area contributed by atoms with Gasteiger partial charge < -0.3 is 0 Å². The van der Waals surface area contributed by atoms with Crippen LogP contribution in [0.2, 0.25) is 10.0 Å². The number of aryl methyl sites for hydroxylation is 1. The summed E-state index contributed by atoms with van der Waals surface area (Å²) in [7, 11) is 0. The third-order valence-electron chi connectivity index (χ3n) is 6.32. The van der Waals surface area contributed by atoms with Crippen molar-refractivity contribution in [2.45, 2.75) is 37.1 Å². The molecule has 0 saturated carbocycles. The third kappa shape index (κ3) is 3.66. The SMILES string of the molecule is C[C@H]1CCc2sc3c(c2C1)c(=O)n(-c1ccc(Cl)cc1)c1nnc(SCc2ccccc2Cl)n31. The Balaban J connectivity index is 1.60. The first-order valence-corrected chi connectivity index (χ1v) is 13.6. The van der Waals surface area contributed by atoms with Crippen LogP contribution in [0.25, 0.3) is 21.7 Å². The molecule has 6 rings (SSSR count). The van der Waals surface area contributed by atoms with Gasteiger partial charge >= 0.3 is 0 Å². The largest absolute Gasteiger partial charge is 0.268 e. The number of rotatable bonds is 4. The van der Waals surface area contributed by atoms with Crippen LogP contribution in [-0.4, -0.2) is 19.2 Å². The van der Waals surface area contributed by atoms with Crippen molar-refractivity contribution in [1.29, 1.82) is 0 Å². The van der Waals surface area contributed by atoms with Gasteiger partial charge in [-0.25, -0.2) is 8.97 Å². The maximum absolute atomic E-state index is 13.9. The molecule has 0 saturated heterocycles. The standard InChI is InChI=1S/C25H20Cl2N4OS2/c1-14-6-11-20-18(12-14)21-22(32)30(17-9-7-16(26)8-10-17)24-28-29-25(31(24)23(21)34-20)33-13-15-4-2-3-5-19(15)27/h2-5,7-10,14H,6,11-13H2,1H3/t14-/m0/s1. The van der Waals surface area contributed by atoms with E-state index in [1.807, 2.05) is 40.8 Å². The Kier molecular flexibility index (Phi) is 5.68. The fraction of sp³-hybridized carbons (Fsp3) is 0.240. The Labute approximate surface area is 214 Å². The first-order chi connectivity index (χ1) is 16.5. The van der Waals surface area contributed by atoms with Crippen LogP contribution in [0, 0.1) is 5.92 Å². The van der Waals surface area contributed by atoms with E-state index < -0.39 is 0 Å². The summed E-state index contributed by atoms with van der Waals surface area (Å²) in [5.41, 5.74) is 2.89. The van der Waals surface area contributed by atoms with Crippen LogP contribution in [0.3, 0.4) is 0 Å². The molecule has 0 amide bonds. The predicted molar refractivity (Wildman–Crippen MR) is 141 cm³/mol. The smallest absolute Gasteiger partial charge is 0.268 e. The van der Waals surface area contributed by atoms with Crippen LogP contribution in [0.15, 0.2) is 58.5 Å². The maximum Gasteiger partial charge on any atom is 0.268 e. The normalized spacial score (nSPS) is 15.8. The zero-order valence-electron chi connectivity index (χ0n) is 18.3. The van der Waals surface area contributed by atoms with Crippen molar-refractivity contribution >= 4 is 62.3 Å². The number of halogens is 2. The first-order valence-electron chi connectivity index (χ1n) is 11.1. The van der Waals surface area contributed by atoms with E-state index in [4.69, 9.17) is 23.2 Å². The van der Waals surface area contributed by atoms with E-state index in [1.54, 1.807) is 39.8 Å². The van der Waals surface area contributed by atoms with E-state index in [9.17, 15) is 4.79 Å². The molecule has 3 heterocycles. The van der Waals surface area contributed by atoms with E-state index >= 15 is 0 Å². The van der Waals surface area contributed by atoms with E-state index in [-0.39, 0.29) is 5.56 Å². The second kappa shape index (κ2) is 8.72. The van der Waals surface area contributed by atoms with Gasteiger partial charge in [0.25, 0.3) is 5.56 Å². The molecule has 0 fully saturated rings. The molecule has 1 aliphatic carbocycles. The number of hydrogen-bond donors (Lipinski definition) is 0. The molecule has 0 radical (unpaired) electrons. The quantitative estimate of drug-likeness (QED) is 0.241. The van der Waals surface area contributed by atoms with Crippen molar-refractivity contribution in [3.05, 3.63) is 84.9 Å². The second-order valence-corrected chi connectivity index (χ2v) is 11.5. The molecule has 0 bridgehead atoms. The van der Waals surface area contributed by atoms with Crippen molar-refractivity contribution in [1.82, 2.24) is 19.2 Å². The fourth-order valence-corrected chi connectivity index (χ4v) is 7.32. The molecule has 5 aromatic rings. The highest BCUT2D eigenvalue weighted by Crippen LogP contribution is 2.38. The fourth-order valence-electron chi connectivity index (χ4n) is 4.58. The summed E-state index contributed by atoms with van der Waals surface area (Å²) in [4.78, 5) is 16.2. The average Bonchev–Trinajstić information content (AvgIpc) is 3.41. The minimum absolute atomic E-state index is 0.0496. The number of thioether (sulfide) groups is 1. The van der Waals surface area contributed by atoms with Crippen LogP contribution in [-0.2, 0) is 18.6 Å². The van der Waals surface area contributed by atoms with Crippen molar-refractivity contribution in [3.8, 4) is 5.69 Å². The molecule has 0 unspecified atom stereocenters. The monoisotopic (exact) mass is 526 g/mol. The van der Waals surface area contributed by atoms with Gasteiger partial charge in [-0.15, -0.1) is 21.5 Å². The van der Waals surface area contributed by atoms with E-state index in [0.717, 1.165) is 50.9 Å². The van der Waals surface area contributed by atoms with Crippen LogP contribution in [0.1, 0.15) is 29.3 Å². The molecule has 1 atom stereocenters. The van der Waals surface area contributed by atoms with Crippen molar-refractivity contribution in [2.75, 3.05) is 0 Å². The number of thiophene rings is 1. The van der Waals surface area contributed by atoms with E-state index in [2.05, 4.69) is 17.1 Å². The highest BCUT2D eigenvalue weighted by molar-refractivity contribution is 7.98. The van der Waals surface area contributed by atoms with Gasteiger partial charge in [0.2, 0.25) is 5.78 Å². The molecular formula is C25H20Cl2N4OS2. The van der Waals surface area contributed by atoms with Gasteiger partial charge in [0.05, 0.1) is 11.1 Å². The molecule has 0 spiro atoms. The van der Waals surface area contributed by atoms with Gasteiger partial charge in [-0.3, -0.25) is 4.79 Å². The van der Waals surface area contributed by atoms with Gasteiger partial charge in [0, 0.05) is 20.7 Å². The molecule has 5 nitrogen and oxygen atoms in total. The molecule has 0 N–H and O–H groups in total. The first kappa shape index (κ1) is 22.2. The van der Waals surface area contributed by atoms with Gasteiger partial charge in [-0.05, 0) is 66.6 Å². The van der Waals surface area contributed by atoms with Crippen molar-refractivity contribution in [3.63, 3.8) is 0 Å². The van der Waals surface area contributed by atoms with Crippen molar-refractivity contribution in [2.24, 2.45) is 5.92 Å². The topological polar surface area (TPSA) is 52.2 Å². The lowest BCUT2D eigenvalue weighted by Gasteiger charge is -2.18. The number of fused-ring (bicyclic) bond motifs is 5. The van der Waals surface area contributed by atoms with Crippen LogP contribution >= 0.6 is 46.3 Å². The Morgan fingerprint density at radius 3 is 2.71 bits per heavy atom. The molecule has 9 heteroatoms. The van der Waals surface area contributed by atoms with Gasteiger partial charge in [0.1, 0.15) is 4.83 Å². The zero-order chi connectivity index (χ0) is 23.4. The zero-order valence-corrected chi connectivity index (χ0v) is 21.4. The van der Waals surface area contributed by atoms with Crippen LogP contribution < -0.4 is 5.56 Å². The highest BCUT2D eigenvalue weighted by Gasteiger charge is 2.27. The van der Waals surface area contributed by atoms with Crippen LogP contribution in [0.4, 0.5) is 0 Å². The minimum atomic E-state index is -0.0496. The summed E-state index contributed by atoms with van der Waals surface area (Å²) in [5, 5.41) is 11.9. The Morgan fingerprint density at radius 1 is 1.12 bits per heavy atom. The summed E-state index contributed by atoms with van der Waals surface area (Å²) < 4.78 is 3.71.